The van der Waals surface area contributed by atoms with E-state index in [9.17, 15) is 9.18 Å². The summed E-state index contributed by atoms with van der Waals surface area (Å²) in [5, 5.41) is 3.41. The van der Waals surface area contributed by atoms with Gasteiger partial charge < -0.3 is 15.0 Å². The average molecular weight is 356 g/mol. The first-order valence-electron chi connectivity index (χ1n) is 8.55. The molecule has 7 heteroatoms. The van der Waals surface area contributed by atoms with E-state index < -0.39 is 5.82 Å². The van der Waals surface area contributed by atoms with Crippen molar-refractivity contribution in [2.24, 2.45) is 5.92 Å². The number of nitrogens with one attached hydrogen (secondary N) is 1. The molecule has 1 aromatic rings. The molecule has 2 saturated heterocycles. The number of carbonyl (C=O) groups excluding carboxylic acids is 1. The Kier molecular flexibility index (Phi) is 5.89. The molecule has 0 saturated carbocycles. The fourth-order valence-electron chi connectivity index (χ4n) is 3.38. The van der Waals surface area contributed by atoms with Crippen LogP contribution in [0.15, 0.2) is 12.3 Å². The Labute approximate surface area is 146 Å². The monoisotopic (exact) mass is 355 g/mol. The first-order chi connectivity index (χ1) is 11.6. The van der Waals surface area contributed by atoms with E-state index in [1.165, 1.54) is 12.3 Å². The van der Waals surface area contributed by atoms with Crippen molar-refractivity contribution in [3.05, 3.63) is 23.1 Å². The Balaban J connectivity index is 1.45. The van der Waals surface area contributed by atoms with E-state index in [0.29, 0.717) is 36.3 Å². The Bertz CT molecular complexity index is 573. The van der Waals surface area contributed by atoms with Gasteiger partial charge in [0, 0.05) is 45.0 Å². The minimum absolute atomic E-state index is 0.121. The maximum atomic E-state index is 13.9. The van der Waals surface area contributed by atoms with E-state index in [4.69, 9.17) is 16.3 Å². The Morgan fingerprint density at radius 2 is 2.04 bits per heavy atom. The molecule has 0 aliphatic carbocycles. The summed E-state index contributed by atoms with van der Waals surface area (Å²) in [7, 11) is 0. The van der Waals surface area contributed by atoms with Gasteiger partial charge in [0.1, 0.15) is 0 Å². The Morgan fingerprint density at radius 3 is 2.71 bits per heavy atom. The summed E-state index contributed by atoms with van der Waals surface area (Å²) in [5.74, 6) is 0.426. The first-order valence-corrected chi connectivity index (χ1v) is 8.92. The van der Waals surface area contributed by atoms with Crippen molar-refractivity contribution in [1.82, 2.24) is 10.3 Å². The molecule has 1 aromatic heterocycles. The van der Waals surface area contributed by atoms with E-state index in [1.807, 2.05) is 4.90 Å². The third-order valence-corrected chi connectivity index (χ3v) is 4.97. The van der Waals surface area contributed by atoms with Crippen molar-refractivity contribution in [2.75, 3.05) is 31.2 Å². The summed E-state index contributed by atoms with van der Waals surface area (Å²) >= 11 is 5.74. The van der Waals surface area contributed by atoms with Gasteiger partial charge in [0.2, 0.25) is 5.91 Å². The molecule has 1 amide bonds. The number of rotatable bonds is 4. The van der Waals surface area contributed by atoms with Gasteiger partial charge in [-0.25, -0.2) is 9.37 Å². The zero-order valence-electron chi connectivity index (χ0n) is 13.6. The van der Waals surface area contributed by atoms with Gasteiger partial charge in [-0.2, -0.15) is 0 Å². The number of piperidine rings is 1. The Morgan fingerprint density at radius 1 is 1.33 bits per heavy atom. The molecule has 2 aliphatic rings. The van der Waals surface area contributed by atoms with E-state index in [2.05, 4.69) is 10.3 Å². The quantitative estimate of drug-likeness (QED) is 0.902. The van der Waals surface area contributed by atoms with Crippen LogP contribution < -0.4 is 10.2 Å². The van der Waals surface area contributed by atoms with E-state index >= 15 is 0 Å². The maximum Gasteiger partial charge on any atom is 0.220 e. The topological polar surface area (TPSA) is 54.5 Å². The molecule has 0 spiro atoms. The van der Waals surface area contributed by atoms with Gasteiger partial charge >= 0.3 is 0 Å². The molecule has 3 rings (SSSR count). The van der Waals surface area contributed by atoms with Crippen molar-refractivity contribution >= 4 is 23.3 Å². The highest BCUT2D eigenvalue weighted by molar-refractivity contribution is 6.30. The number of aromatic nitrogens is 1. The van der Waals surface area contributed by atoms with Gasteiger partial charge in [-0.15, -0.1) is 0 Å². The third-order valence-electron chi connectivity index (χ3n) is 4.76. The summed E-state index contributed by atoms with van der Waals surface area (Å²) in [6.45, 7) is 2.87. The second kappa shape index (κ2) is 8.12. The van der Waals surface area contributed by atoms with Gasteiger partial charge in [0.05, 0.1) is 5.02 Å². The molecule has 24 heavy (non-hydrogen) atoms. The van der Waals surface area contributed by atoms with Gasteiger partial charge in [0.25, 0.3) is 0 Å². The van der Waals surface area contributed by atoms with Crippen molar-refractivity contribution in [3.63, 3.8) is 0 Å². The number of nitrogens with zero attached hydrogens (tertiary/aromatic N) is 2. The normalized spacial score (nSPS) is 20.2. The highest BCUT2D eigenvalue weighted by Crippen LogP contribution is 2.26. The van der Waals surface area contributed by atoms with Crippen molar-refractivity contribution in [2.45, 2.75) is 38.1 Å². The minimum Gasteiger partial charge on any atom is -0.381 e. The SMILES string of the molecule is O=C(CC1CCN(c2ncc(Cl)cc2F)CC1)NC1CCOCC1. The molecule has 0 atom stereocenters. The highest BCUT2D eigenvalue weighted by Gasteiger charge is 2.25. The molecule has 0 bridgehead atoms. The standard InChI is InChI=1S/C17H23ClFN3O2/c18-13-10-15(19)17(20-11-13)22-5-1-12(2-6-22)9-16(23)21-14-3-7-24-8-4-14/h10-12,14H,1-9H2,(H,21,23). The fourth-order valence-corrected chi connectivity index (χ4v) is 3.52. The molecule has 1 N–H and O–H groups in total. The van der Waals surface area contributed by atoms with E-state index in [1.54, 1.807) is 0 Å². The highest BCUT2D eigenvalue weighted by atomic mass is 35.5. The third kappa shape index (κ3) is 4.57. The predicted octanol–water partition coefficient (Wildman–Crippen LogP) is 2.78. The van der Waals surface area contributed by atoms with Crippen molar-refractivity contribution in [1.29, 1.82) is 0 Å². The Hall–Kier alpha value is -1.40. The van der Waals surface area contributed by atoms with Gasteiger partial charge in [-0.1, -0.05) is 11.6 Å². The summed E-state index contributed by atoms with van der Waals surface area (Å²) in [6, 6.07) is 1.54. The first kappa shape index (κ1) is 17.4. The lowest BCUT2D eigenvalue weighted by Gasteiger charge is -2.33. The van der Waals surface area contributed by atoms with Crippen LogP contribution in [0.4, 0.5) is 10.2 Å². The van der Waals surface area contributed by atoms with Crippen LogP contribution in [0.1, 0.15) is 32.1 Å². The zero-order valence-corrected chi connectivity index (χ0v) is 14.4. The molecule has 0 aromatic carbocycles. The summed E-state index contributed by atoms with van der Waals surface area (Å²) in [5.41, 5.74) is 0. The second-order valence-corrected chi connectivity index (χ2v) is 6.98. The lowest BCUT2D eigenvalue weighted by Crippen LogP contribution is -2.41. The minimum atomic E-state index is -0.391. The second-order valence-electron chi connectivity index (χ2n) is 6.55. The molecule has 0 radical (unpaired) electrons. The van der Waals surface area contributed by atoms with Crippen molar-refractivity contribution in [3.8, 4) is 0 Å². The fraction of sp³-hybridized carbons (Fsp3) is 0.647. The summed E-state index contributed by atoms with van der Waals surface area (Å²) in [4.78, 5) is 18.2. The summed E-state index contributed by atoms with van der Waals surface area (Å²) in [6.07, 6.45) is 5.53. The molecule has 132 valence electrons. The van der Waals surface area contributed by atoms with E-state index in [-0.39, 0.29) is 11.9 Å². The average Bonchev–Trinajstić information content (AvgIpc) is 2.57. The molecule has 3 heterocycles. The van der Waals surface area contributed by atoms with E-state index in [0.717, 1.165) is 38.9 Å². The maximum absolute atomic E-state index is 13.9. The largest absolute Gasteiger partial charge is 0.381 e. The number of hydrogen-bond acceptors (Lipinski definition) is 4. The van der Waals surface area contributed by atoms with Crippen LogP contribution in [0.25, 0.3) is 0 Å². The molecule has 0 unspecified atom stereocenters. The predicted molar refractivity (Wildman–Crippen MR) is 90.7 cm³/mol. The van der Waals surface area contributed by atoms with Crippen LogP contribution in [0.2, 0.25) is 5.02 Å². The van der Waals surface area contributed by atoms with Crippen LogP contribution in [-0.2, 0) is 9.53 Å². The van der Waals surface area contributed by atoms with Gasteiger partial charge in [-0.05, 0) is 37.7 Å². The van der Waals surface area contributed by atoms with Crippen LogP contribution in [0.3, 0.4) is 0 Å². The number of pyridine rings is 1. The number of anilines is 1. The van der Waals surface area contributed by atoms with Crippen LogP contribution in [-0.4, -0.2) is 43.2 Å². The number of ether oxygens (including phenoxy) is 1. The molecule has 2 aliphatic heterocycles. The lowest BCUT2D eigenvalue weighted by molar-refractivity contribution is -0.123. The molecular weight excluding hydrogens is 333 g/mol. The zero-order chi connectivity index (χ0) is 16.9. The number of halogens is 2. The van der Waals surface area contributed by atoms with Crippen LogP contribution in [0, 0.1) is 11.7 Å². The lowest BCUT2D eigenvalue weighted by atomic mass is 9.93. The van der Waals surface area contributed by atoms with Gasteiger partial charge in [0.15, 0.2) is 11.6 Å². The summed E-state index contributed by atoms with van der Waals surface area (Å²) < 4.78 is 19.2. The smallest absolute Gasteiger partial charge is 0.220 e. The van der Waals surface area contributed by atoms with Crippen LogP contribution in [0.5, 0.6) is 0 Å². The number of amides is 1. The number of carbonyl (C=O) groups is 1. The van der Waals surface area contributed by atoms with Gasteiger partial charge in [-0.3, -0.25) is 4.79 Å². The number of hydrogen-bond donors (Lipinski definition) is 1. The van der Waals surface area contributed by atoms with Crippen LogP contribution >= 0.6 is 11.6 Å². The van der Waals surface area contributed by atoms with Crippen molar-refractivity contribution < 1.29 is 13.9 Å². The molecule has 5 nitrogen and oxygen atoms in total. The molecule has 2 fully saturated rings. The molecular formula is C17H23ClFN3O2.